The van der Waals surface area contributed by atoms with E-state index in [4.69, 9.17) is 0 Å². The molecule has 0 spiro atoms. The number of halogens is 1. The van der Waals surface area contributed by atoms with Gasteiger partial charge < -0.3 is 5.43 Å². The zero-order valence-electron chi connectivity index (χ0n) is 13.0. The first-order chi connectivity index (χ1) is 11.6. The van der Waals surface area contributed by atoms with Crippen molar-refractivity contribution in [2.45, 2.75) is 18.8 Å². The minimum Gasteiger partial charge on any atom is -0.302 e. The van der Waals surface area contributed by atoms with Gasteiger partial charge in [-0.15, -0.1) is 0 Å². The van der Waals surface area contributed by atoms with E-state index < -0.39 is 0 Å². The second-order valence-electron chi connectivity index (χ2n) is 5.74. The van der Waals surface area contributed by atoms with Crippen molar-refractivity contribution in [1.82, 2.24) is 10.9 Å². The van der Waals surface area contributed by atoms with Crippen LogP contribution in [0.2, 0.25) is 0 Å². The highest BCUT2D eigenvalue weighted by Crippen LogP contribution is 2.30. The van der Waals surface area contributed by atoms with Crippen LogP contribution in [0.3, 0.4) is 0 Å². The molecular weight excluding hydrogens is 368 g/mol. The Morgan fingerprint density at radius 1 is 1.04 bits per heavy atom. The third-order valence-corrected chi connectivity index (χ3v) is 4.44. The summed E-state index contributed by atoms with van der Waals surface area (Å²) in [5, 5.41) is 0. The monoisotopic (exact) mass is 384 g/mol. The second-order valence-corrected chi connectivity index (χ2v) is 6.66. The highest BCUT2D eigenvalue weighted by Gasteiger charge is 2.22. The van der Waals surface area contributed by atoms with Crippen molar-refractivity contribution in [3.63, 3.8) is 0 Å². The minimum absolute atomic E-state index is 0.0642. The molecule has 2 aromatic carbocycles. The van der Waals surface area contributed by atoms with Crippen molar-refractivity contribution >= 4 is 27.6 Å². The molecule has 0 radical (unpaired) electrons. The van der Waals surface area contributed by atoms with E-state index in [1.807, 2.05) is 36.4 Å². The molecule has 4 nitrogen and oxygen atoms in total. The van der Waals surface area contributed by atoms with Crippen molar-refractivity contribution in [3.8, 4) is 0 Å². The van der Waals surface area contributed by atoms with Crippen molar-refractivity contribution < 1.29 is 9.59 Å². The molecule has 1 aliphatic rings. The van der Waals surface area contributed by atoms with Gasteiger partial charge in [0.2, 0.25) is 0 Å². The first-order valence-corrected chi connectivity index (χ1v) is 8.51. The molecule has 0 saturated carbocycles. The summed E-state index contributed by atoms with van der Waals surface area (Å²) in [6.45, 7) is 0. The van der Waals surface area contributed by atoms with Crippen LogP contribution in [-0.2, 0) is 4.79 Å². The Hall–Kier alpha value is -2.40. The number of hydrogen-bond acceptors (Lipinski definition) is 3. The molecule has 1 atom stereocenters. The molecule has 0 aliphatic heterocycles. The molecule has 1 amide bonds. The van der Waals surface area contributed by atoms with E-state index in [1.54, 1.807) is 24.3 Å². The van der Waals surface area contributed by atoms with Crippen LogP contribution in [0.4, 0.5) is 0 Å². The number of allylic oxidation sites excluding steroid dienone is 2. The van der Waals surface area contributed by atoms with Crippen molar-refractivity contribution in [2.75, 3.05) is 0 Å². The third kappa shape index (κ3) is 4.11. The zero-order valence-corrected chi connectivity index (χ0v) is 14.5. The predicted octanol–water partition coefficient (Wildman–Crippen LogP) is 3.71. The van der Waals surface area contributed by atoms with E-state index in [0.717, 1.165) is 15.7 Å². The van der Waals surface area contributed by atoms with Crippen LogP contribution in [0.1, 0.15) is 34.7 Å². The lowest BCUT2D eigenvalue weighted by atomic mass is 9.86. The summed E-state index contributed by atoms with van der Waals surface area (Å²) in [5.41, 5.74) is 7.96. The summed E-state index contributed by atoms with van der Waals surface area (Å²) >= 11 is 3.34. The smallest absolute Gasteiger partial charge is 0.269 e. The van der Waals surface area contributed by atoms with Crippen LogP contribution in [0.5, 0.6) is 0 Å². The maximum absolute atomic E-state index is 12.2. The fourth-order valence-corrected chi connectivity index (χ4v) is 3.18. The van der Waals surface area contributed by atoms with Crippen LogP contribution < -0.4 is 10.9 Å². The first-order valence-electron chi connectivity index (χ1n) is 7.72. The Morgan fingerprint density at radius 3 is 2.58 bits per heavy atom. The Kier molecular flexibility index (Phi) is 5.11. The first kappa shape index (κ1) is 16.5. The highest BCUT2D eigenvalue weighted by atomic mass is 79.9. The molecular formula is C19H17BrN2O2. The fourth-order valence-electron chi connectivity index (χ4n) is 2.78. The lowest BCUT2D eigenvalue weighted by molar-refractivity contribution is -0.115. The number of hydrogen-bond donors (Lipinski definition) is 2. The molecule has 3 rings (SSSR count). The zero-order chi connectivity index (χ0) is 16.9. The average molecular weight is 385 g/mol. The van der Waals surface area contributed by atoms with Crippen LogP contribution in [0.15, 0.2) is 70.8 Å². The molecule has 0 bridgehead atoms. The van der Waals surface area contributed by atoms with E-state index in [-0.39, 0.29) is 17.6 Å². The number of ketones is 1. The van der Waals surface area contributed by atoms with E-state index >= 15 is 0 Å². The summed E-state index contributed by atoms with van der Waals surface area (Å²) in [6, 6.07) is 17.1. The summed E-state index contributed by atoms with van der Waals surface area (Å²) in [5.74, 6) is -0.0465. The molecule has 1 unspecified atom stereocenters. The molecule has 0 saturated heterocycles. The molecule has 0 heterocycles. The van der Waals surface area contributed by atoms with Gasteiger partial charge in [0.1, 0.15) is 0 Å². The molecule has 5 heteroatoms. The molecule has 122 valence electrons. The summed E-state index contributed by atoms with van der Waals surface area (Å²) < 4.78 is 0.839. The number of rotatable bonds is 4. The van der Waals surface area contributed by atoms with Crippen LogP contribution in [0.25, 0.3) is 0 Å². The van der Waals surface area contributed by atoms with Gasteiger partial charge in [-0.1, -0.05) is 52.3 Å². The largest absolute Gasteiger partial charge is 0.302 e. The van der Waals surface area contributed by atoms with Crippen molar-refractivity contribution in [2.24, 2.45) is 0 Å². The van der Waals surface area contributed by atoms with Gasteiger partial charge in [0, 0.05) is 28.2 Å². The van der Waals surface area contributed by atoms with Gasteiger partial charge in [-0.2, -0.15) is 0 Å². The maximum Gasteiger partial charge on any atom is 0.269 e. The minimum atomic E-state index is -0.244. The molecule has 24 heavy (non-hydrogen) atoms. The second kappa shape index (κ2) is 7.45. The molecule has 0 fully saturated rings. The lowest BCUT2D eigenvalue weighted by Crippen LogP contribution is -2.38. The number of nitrogens with one attached hydrogen (secondary N) is 2. The standard InChI is InChI=1S/C19H17BrN2O2/c20-16-8-4-7-14(9-16)19(24)22-21-17-10-15(11-18(23)12-17)13-5-2-1-3-6-13/h1-9,12,15,21H,10-11H2,(H,22,24). The number of carbonyl (C=O) groups is 2. The summed E-state index contributed by atoms with van der Waals surface area (Å²) in [6.07, 6.45) is 2.75. The number of hydrazine groups is 1. The van der Waals surface area contributed by atoms with Crippen molar-refractivity contribution in [1.29, 1.82) is 0 Å². The molecule has 1 aliphatic carbocycles. The number of carbonyl (C=O) groups excluding carboxylic acids is 2. The predicted molar refractivity (Wildman–Crippen MR) is 96.3 cm³/mol. The Labute approximate surface area is 149 Å². The van der Waals surface area contributed by atoms with E-state index in [2.05, 4.69) is 26.8 Å². The van der Waals surface area contributed by atoms with Crippen LogP contribution in [0, 0.1) is 0 Å². The normalized spacial score (nSPS) is 17.1. The third-order valence-electron chi connectivity index (χ3n) is 3.94. The Morgan fingerprint density at radius 2 is 1.83 bits per heavy atom. The van der Waals surface area contributed by atoms with Crippen molar-refractivity contribution in [3.05, 3.63) is 82.0 Å². The van der Waals surface area contributed by atoms with E-state index in [0.29, 0.717) is 18.4 Å². The Balaban J connectivity index is 1.64. The van der Waals surface area contributed by atoms with Gasteiger partial charge in [0.15, 0.2) is 5.78 Å². The van der Waals surface area contributed by atoms with Gasteiger partial charge in [-0.05, 0) is 36.1 Å². The molecule has 2 N–H and O–H groups in total. The van der Waals surface area contributed by atoms with Gasteiger partial charge in [0.05, 0.1) is 0 Å². The summed E-state index contributed by atoms with van der Waals surface area (Å²) in [7, 11) is 0. The highest BCUT2D eigenvalue weighted by molar-refractivity contribution is 9.10. The fraction of sp³-hybridized carbons (Fsp3) is 0.158. The molecule has 0 aromatic heterocycles. The molecule has 2 aromatic rings. The average Bonchev–Trinajstić information content (AvgIpc) is 2.60. The quantitative estimate of drug-likeness (QED) is 0.789. The topological polar surface area (TPSA) is 58.2 Å². The van der Waals surface area contributed by atoms with Crippen LogP contribution in [-0.4, -0.2) is 11.7 Å². The number of benzene rings is 2. The van der Waals surface area contributed by atoms with Crippen LogP contribution >= 0.6 is 15.9 Å². The van der Waals surface area contributed by atoms with E-state index in [1.165, 1.54) is 0 Å². The summed E-state index contributed by atoms with van der Waals surface area (Å²) in [4.78, 5) is 24.1. The van der Waals surface area contributed by atoms with E-state index in [9.17, 15) is 9.59 Å². The van der Waals surface area contributed by atoms with Gasteiger partial charge >= 0.3 is 0 Å². The maximum atomic E-state index is 12.2. The lowest BCUT2D eigenvalue weighted by Gasteiger charge is -2.23. The van der Waals surface area contributed by atoms with Gasteiger partial charge in [-0.3, -0.25) is 15.0 Å². The SMILES string of the molecule is O=C1C=C(NNC(=O)c2cccc(Br)c2)CC(c2ccccc2)C1. The van der Waals surface area contributed by atoms with Gasteiger partial charge in [-0.25, -0.2) is 0 Å². The number of amides is 1. The van der Waals surface area contributed by atoms with Gasteiger partial charge in [0.25, 0.3) is 5.91 Å². The Bertz CT molecular complexity index is 787.